The van der Waals surface area contributed by atoms with Crippen LogP contribution in [0.1, 0.15) is 29.5 Å². The number of nitrogens with zero attached hydrogens (tertiary/aromatic N) is 2. The van der Waals surface area contributed by atoms with Gasteiger partial charge in [-0.15, -0.1) is 0 Å². The second-order valence-electron chi connectivity index (χ2n) is 6.02. The fourth-order valence-electron chi connectivity index (χ4n) is 2.77. The number of rotatable bonds is 5. The number of nitrogens with one attached hydrogen (secondary N) is 1. The maximum atomic E-state index is 13.0. The predicted molar refractivity (Wildman–Crippen MR) is 109 cm³/mol. The van der Waals surface area contributed by atoms with Gasteiger partial charge in [-0.05, 0) is 42.8 Å². The summed E-state index contributed by atoms with van der Waals surface area (Å²) in [5, 5.41) is 1.66. The lowest BCUT2D eigenvalue weighted by Crippen LogP contribution is -2.33. The van der Waals surface area contributed by atoms with Crippen molar-refractivity contribution in [2.45, 2.75) is 19.9 Å². The largest absolute Gasteiger partial charge is 0.331 e. The molecule has 0 saturated heterocycles. The van der Waals surface area contributed by atoms with Crippen molar-refractivity contribution in [3.63, 3.8) is 0 Å². The summed E-state index contributed by atoms with van der Waals surface area (Å²) in [6, 6.07) is 9.61. The lowest BCUT2D eigenvalue weighted by Gasteiger charge is -2.22. The summed E-state index contributed by atoms with van der Waals surface area (Å²) in [6.45, 7) is 2.56. The molecule has 140 valence electrons. The van der Waals surface area contributed by atoms with E-state index >= 15 is 0 Å². The SMILES string of the molecule is CCCN(Cc1nc2cc(Cl)ccc2c(=O)[nH]1)C(=O)c1cc(Cl)ccc1Cl. The number of halogens is 3. The van der Waals surface area contributed by atoms with Crippen molar-refractivity contribution in [2.75, 3.05) is 6.54 Å². The first kappa shape index (κ1) is 19.7. The van der Waals surface area contributed by atoms with Crippen molar-refractivity contribution < 1.29 is 4.79 Å². The summed E-state index contributed by atoms with van der Waals surface area (Å²) < 4.78 is 0. The Labute approximate surface area is 170 Å². The van der Waals surface area contributed by atoms with Gasteiger partial charge in [-0.1, -0.05) is 41.7 Å². The van der Waals surface area contributed by atoms with E-state index in [-0.39, 0.29) is 18.0 Å². The molecule has 0 aliphatic carbocycles. The Morgan fingerprint density at radius 1 is 1.11 bits per heavy atom. The van der Waals surface area contributed by atoms with E-state index < -0.39 is 0 Å². The van der Waals surface area contributed by atoms with Crippen LogP contribution >= 0.6 is 34.8 Å². The zero-order chi connectivity index (χ0) is 19.6. The van der Waals surface area contributed by atoms with E-state index in [1.165, 1.54) is 6.07 Å². The Morgan fingerprint density at radius 3 is 2.56 bits per heavy atom. The minimum Gasteiger partial charge on any atom is -0.331 e. The van der Waals surface area contributed by atoms with Gasteiger partial charge in [-0.2, -0.15) is 0 Å². The van der Waals surface area contributed by atoms with Crippen LogP contribution in [0.5, 0.6) is 0 Å². The summed E-state index contributed by atoms with van der Waals surface area (Å²) in [7, 11) is 0. The molecule has 0 radical (unpaired) electrons. The molecule has 1 aromatic heterocycles. The van der Waals surface area contributed by atoms with Gasteiger partial charge in [0.15, 0.2) is 0 Å². The molecule has 0 spiro atoms. The average Bonchev–Trinajstić information content (AvgIpc) is 2.62. The van der Waals surface area contributed by atoms with Gasteiger partial charge in [0.05, 0.1) is 28.0 Å². The average molecular weight is 425 g/mol. The molecule has 0 unspecified atom stereocenters. The van der Waals surface area contributed by atoms with E-state index in [9.17, 15) is 9.59 Å². The molecule has 3 rings (SSSR count). The maximum absolute atomic E-state index is 13.0. The monoisotopic (exact) mass is 423 g/mol. The molecule has 3 aromatic rings. The van der Waals surface area contributed by atoms with Gasteiger partial charge < -0.3 is 9.88 Å². The van der Waals surface area contributed by atoms with E-state index in [0.717, 1.165) is 6.42 Å². The van der Waals surface area contributed by atoms with Gasteiger partial charge in [-0.3, -0.25) is 9.59 Å². The topological polar surface area (TPSA) is 66.1 Å². The van der Waals surface area contributed by atoms with Crippen LogP contribution in [0.4, 0.5) is 0 Å². The minimum atomic E-state index is -0.281. The molecule has 0 saturated carbocycles. The van der Waals surface area contributed by atoms with Crippen molar-refractivity contribution in [3.05, 3.63) is 73.2 Å². The van der Waals surface area contributed by atoms with E-state index in [4.69, 9.17) is 34.8 Å². The van der Waals surface area contributed by atoms with Crippen LogP contribution in [-0.4, -0.2) is 27.3 Å². The molecule has 0 atom stereocenters. The van der Waals surface area contributed by atoms with Crippen LogP contribution in [0.2, 0.25) is 15.1 Å². The fourth-order valence-corrected chi connectivity index (χ4v) is 3.31. The first-order valence-electron chi connectivity index (χ1n) is 8.32. The number of hydrogen-bond acceptors (Lipinski definition) is 3. The molecule has 0 aliphatic heterocycles. The first-order chi connectivity index (χ1) is 12.9. The molecule has 2 aromatic carbocycles. The second-order valence-corrected chi connectivity index (χ2v) is 7.31. The third-order valence-electron chi connectivity index (χ3n) is 4.00. The molecule has 0 aliphatic rings. The number of H-pyrrole nitrogens is 1. The summed E-state index contributed by atoms with van der Waals surface area (Å²) in [6.07, 6.45) is 0.730. The smallest absolute Gasteiger partial charge is 0.258 e. The van der Waals surface area contributed by atoms with E-state index in [0.29, 0.717) is 43.9 Å². The van der Waals surface area contributed by atoms with Crippen molar-refractivity contribution in [2.24, 2.45) is 0 Å². The van der Waals surface area contributed by atoms with Gasteiger partial charge in [-0.25, -0.2) is 4.98 Å². The Morgan fingerprint density at radius 2 is 1.81 bits per heavy atom. The third-order valence-corrected chi connectivity index (χ3v) is 4.80. The Hall–Kier alpha value is -2.08. The summed E-state index contributed by atoms with van der Waals surface area (Å²) >= 11 is 18.2. The number of benzene rings is 2. The molecule has 5 nitrogen and oxygen atoms in total. The third kappa shape index (κ3) is 4.43. The maximum Gasteiger partial charge on any atom is 0.258 e. The van der Waals surface area contributed by atoms with Crippen molar-refractivity contribution in [1.29, 1.82) is 0 Å². The van der Waals surface area contributed by atoms with E-state index in [2.05, 4.69) is 9.97 Å². The molecule has 1 amide bonds. The van der Waals surface area contributed by atoms with E-state index in [1.807, 2.05) is 6.92 Å². The second kappa shape index (κ2) is 8.30. The van der Waals surface area contributed by atoms with Gasteiger partial charge >= 0.3 is 0 Å². The number of aromatic amines is 1. The number of carbonyl (C=O) groups excluding carboxylic acids is 1. The van der Waals surface area contributed by atoms with Gasteiger partial charge in [0.1, 0.15) is 5.82 Å². The predicted octanol–water partition coefficient (Wildman–Crippen LogP) is 4.94. The molecule has 1 N–H and O–H groups in total. The van der Waals surface area contributed by atoms with Gasteiger partial charge in [0, 0.05) is 16.6 Å². The zero-order valence-corrected chi connectivity index (χ0v) is 16.7. The Kier molecular flexibility index (Phi) is 6.05. The van der Waals surface area contributed by atoms with E-state index in [1.54, 1.807) is 35.2 Å². The molecule has 27 heavy (non-hydrogen) atoms. The number of amides is 1. The molecule has 0 fully saturated rings. The normalized spacial score (nSPS) is 11.0. The van der Waals surface area contributed by atoms with Crippen molar-refractivity contribution in [1.82, 2.24) is 14.9 Å². The Balaban J connectivity index is 1.97. The fraction of sp³-hybridized carbons (Fsp3) is 0.211. The van der Waals surface area contributed by atoms with Crippen LogP contribution < -0.4 is 5.56 Å². The quantitative estimate of drug-likeness (QED) is 0.631. The lowest BCUT2D eigenvalue weighted by atomic mass is 10.2. The van der Waals surface area contributed by atoms with Crippen LogP contribution in [0.25, 0.3) is 10.9 Å². The summed E-state index contributed by atoms with van der Waals surface area (Å²) in [5.74, 6) is 0.0907. The molecular weight excluding hydrogens is 409 g/mol. The van der Waals surface area contributed by atoms with Gasteiger partial charge in [0.2, 0.25) is 0 Å². The van der Waals surface area contributed by atoms with Crippen LogP contribution in [0.3, 0.4) is 0 Å². The zero-order valence-electron chi connectivity index (χ0n) is 14.4. The van der Waals surface area contributed by atoms with Gasteiger partial charge in [0.25, 0.3) is 11.5 Å². The van der Waals surface area contributed by atoms with Crippen LogP contribution in [-0.2, 0) is 6.54 Å². The first-order valence-corrected chi connectivity index (χ1v) is 9.45. The number of aromatic nitrogens is 2. The standard InChI is InChI=1S/C19H16Cl3N3O2/c1-2-7-25(19(27)14-8-11(20)4-6-15(14)22)10-17-23-16-9-12(21)3-5-13(16)18(26)24-17/h3-6,8-9H,2,7,10H2,1H3,(H,23,24,26). The Bertz CT molecular complexity index is 1070. The van der Waals surface area contributed by atoms with Crippen LogP contribution in [0.15, 0.2) is 41.2 Å². The highest BCUT2D eigenvalue weighted by molar-refractivity contribution is 6.35. The highest BCUT2D eigenvalue weighted by atomic mass is 35.5. The summed E-state index contributed by atoms with van der Waals surface area (Å²) in [4.78, 5) is 34.0. The van der Waals surface area contributed by atoms with Crippen LogP contribution in [0, 0.1) is 0 Å². The summed E-state index contributed by atoms with van der Waals surface area (Å²) in [5.41, 5.74) is 0.506. The highest BCUT2D eigenvalue weighted by Crippen LogP contribution is 2.23. The number of hydrogen-bond donors (Lipinski definition) is 1. The molecule has 1 heterocycles. The van der Waals surface area contributed by atoms with Crippen molar-refractivity contribution >= 4 is 51.6 Å². The lowest BCUT2D eigenvalue weighted by molar-refractivity contribution is 0.0739. The van der Waals surface area contributed by atoms with Crippen molar-refractivity contribution in [3.8, 4) is 0 Å². The molecule has 0 bridgehead atoms. The molecular formula is C19H16Cl3N3O2. The number of carbonyl (C=O) groups is 1. The number of fused-ring (bicyclic) bond motifs is 1. The molecule has 8 heteroatoms. The minimum absolute atomic E-state index is 0.132. The highest BCUT2D eigenvalue weighted by Gasteiger charge is 2.20.